The SMILES string of the molecule is Cc1nc2c(c(=O)[nH]1)CN([C@@H](C)C1CCC1)C2. The van der Waals surface area contributed by atoms with Crippen LogP contribution in [0.4, 0.5) is 0 Å². The Hall–Kier alpha value is -1.16. The molecule has 1 aromatic heterocycles. The lowest BCUT2D eigenvalue weighted by Gasteiger charge is -2.36. The molecule has 0 unspecified atom stereocenters. The van der Waals surface area contributed by atoms with Gasteiger partial charge in [-0.2, -0.15) is 0 Å². The van der Waals surface area contributed by atoms with Gasteiger partial charge in [0.1, 0.15) is 5.82 Å². The second-order valence-electron chi connectivity index (χ2n) is 5.41. The van der Waals surface area contributed by atoms with Gasteiger partial charge in [-0.15, -0.1) is 0 Å². The van der Waals surface area contributed by atoms with Gasteiger partial charge >= 0.3 is 0 Å². The van der Waals surface area contributed by atoms with E-state index in [4.69, 9.17) is 0 Å². The normalized spacial score (nSPS) is 22.2. The Kier molecular flexibility index (Phi) is 2.54. The van der Waals surface area contributed by atoms with Crippen molar-refractivity contribution in [3.8, 4) is 0 Å². The average Bonchev–Trinajstić information content (AvgIpc) is 2.58. The smallest absolute Gasteiger partial charge is 0.255 e. The quantitative estimate of drug-likeness (QED) is 0.843. The highest BCUT2D eigenvalue weighted by Gasteiger charge is 2.33. The van der Waals surface area contributed by atoms with Crippen LogP contribution in [-0.4, -0.2) is 20.9 Å². The molecule has 0 bridgehead atoms. The summed E-state index contributed by atoms with van der Waals surface area (Å²) in [7, 11) is 0. The van der Waals surface area contributed by atoms with Gasteiger partial charge in [-0.3, -0.25) is 9.69 Å². The first-order valence-corrected chi connectivity index (χ1v) is 6.48. The number of hydrogen-bond acceptors (Lipinski definition) is 3. The molecule has 0 aromatic carbocycles. The molecule has 3 rings (SSSR count). The van der Waals surface area contributed by atoms with Crippen molar-refractivity contribution in [3.05, 3.63) is 27.4 Å². The average molecular weight is 233 g/mol. The molecule has 0 amide bonds. The van der Waals surface area contributed by atoms with Crippen molar-refractivity contribution in [2.75, 3.05) is 0 Å². The molecule has 1 saturated carbocycles. The Morgan fingerprint density at radius 3 is 2.82 bits per heavy atom. The van der Waals surface area contributed by atoms with E-state index in [1.807, 2.05) is 6.92 Å². The monoisotopic (exact) mass is 233 g/mol. The summed E-state index contributed by atoms with van der Waals surface area (Å²) >= 11 is 0. The predicted octanol–water partition coefficient (Wildman–Crippen LogP) is 1.58. The second kappa shape index (κ2) is 3.95. The first-order valence-electron chi connectivity index (χ1n) is 6.48. The van der Waals surface area contributed by atoms with Crippen LogP contribution in [0.3, 0.4) is 0 Å². The number of nitrogens with zero attached hydrogens (tertiary/aromatic N) is 2. The van der Waals surface area contributed by atoms with Crippen LogP contribution in [0, 0.1) is 12.8 Å². The number of rotatable bonds is 2. The first kappa shape index (κ1) is 11.0. The number of aromatic nitrogens is 2. The number of nitrogens with one attached hydrogen (secondary N) is 1. The molecular weight excluding hydrogens is 214 g/mol. The Balaban J connectivity index is 1.82. The standard InChI is InChI=1S/C13H19N3O/c1-8(10-4-3-5-10)16-6-11-12(7-16)14-9(2)15-13(11)17/h8,10H,3-7H2,1-2H3,(H,14,15,17)/t8-/m0/s1. The summed E-state index contributed by atoms with van der Waals surface area (Å²) in [6.45, 7) is 5.75. The summed E-state index contributed by atoms with van der Waals surface area (Å²) in [6, 6.07) is 0.581. The fourth-order valence-electron chi connectivity index (χ4n) is 2.92. The van der Waals surface area contributed by atoms with Crippen molar-refractivity contribution in [1.82, 2.24) is 14.9 Å². The summed E-state index contributed by atoms with van der Waals surface area (Å²) in [5.41, 5.74) is 1.91. The van der Waals surface area contributed by atoms with E-state index >= 15 is 0 Å². The van der Waals surface area contributed by atoms with E-state index in [0.29, 0.717) is 6.04 Å². The molecule has 1 aliphatic heterocycles. The zero-order valence-electron chi connectivity index (χ0n) is 10.5. The van der Waals surface area contributed by atoms with Gasteiger partial charge in [-0.1, -0.05) is 6.42 Å². The summed E-state index contributed by atoms with van der Waals surface area (Å²) < 4.78 is 0. The maximum Gasteiger partial charge on any atom is 0.255 e. The number of hydrogen-bond donors (Lipinski definition) is 1. The third-order valence-corrected chi connectivity index (χ3v) is 4.34. The molecular formula is C13H19N3O. The van der Waals surface area contributed by atoms with Gasteiger partial charge in [0.15, 0.2) is 0 Å². The molecule has 0 spiro atoms. The molecule has 2 heterocycles. The molecule has 4 nitrogen and oxygen atoms in total. The summed E-state index contributed by atoms with van der Waals surface area (Å²) in [5.74, 6) is 1.55. The number of H-pyrrole nitrogens is 1. The van der Waals surface area contributed by atoms with Gasteiger partial charge in [0.05, 0.1) is 11.3 Å². The highest BCUT2D eigenvalue weighted by molar-refractivity contribution is 5.22. The summed E-state index contributed by atoms with van der Waals surface area (Å²) in [6.07, 6.45) is 4.06. The Labute approximate surface area is 101 Å². The maximum absolute atomic E-state index is 11.8. The minimum absolute atomic E-state index is 0.0517. The van der Waals surface area contributed by atoms with E-state index in [-0.39, 0.29) is 5.56 Å². The lowest BCUT2D eigenvalue weighted by molar-refractivity contribution is 0.106. The highest BCUT2D eigenvalue weighted by atomic mass is 16.1. The van der Waals surface area contributed by atoms with Crippen molar-refractivity contribution in [2.24, 2.45) is 5.92 Å². The third kappa shape index (κ3) is 1.80. The molecule has 2 aliphatic rings. The van der Waals surface area contributed by atoms with Gasteiger partial charge in [0.2, 0.25) is 0 Å². The zero-order chi connectivity index (χ0) is 12.0. The first-order chi connectivity index (χ1) is 8.15. The topological polar surface area (TPSA) is 49.0 Å². The van der Waals surface area contributed by atoms with Crippen LogP contribution >= 0.6 is 0 Å². The van der Waals surface area contributed by atoms with Gasteiger partial charge in [-0.05, 0) is 32.6 Å². The maximum atomic E-state index is 11.8. The fraction of sp³-hybridized carbons (Fsp3) is 0.692. The fourth-order valence-corrected chi connectivity index (χ4v) is 2.92. The molecule has 1 N–H and O–H groups in total. The second-order valence-corrected chi connectivity index (χ2v) is 5.41. The van der Waals surface area contributed by atoms with E-state index in [0.717, 1.165) is 36.1 Å². The third-order valence-electron chi connectivity index (χ3n) is 4.34. The molecule has 1 fully saturated rings. The Morgan fingerprint density at radius 1 is 1.41 bits per heavy atom. The molecule has 4 heteroatoms. The Morgan fingerprint density at radius 2 is 2.18 bits per heavy atom. The number of fused-ring (bicyclic) bond motifs is 1. The molecule has 92 valence electrons. The molecule has 0 radical (unpaired) electrons. The van der Waals surface area contributed by atoms with Crippen LogP contribution in [0.1, 0.15) is 43.3 Å². The number of aromatic amines is 1. The van der Waals surface area contributed by atoms with Crippen LogP contribution in [0.2, 0.25) is 0 Å². The van der Waals surface area contributed by atoms with Gasteiger partial charge in [0, 0.05) is 19.1 Å². The molecule has 0 saturated heterocycles. The minimum Gasteiger partial charge on any atom is -0.310 e. The Bertz CT molecular complexity index is 490. The molecule has 1 atom stereocenters. The van der Waals surface area contributed by atoms with Crippen molar-refractivity contribution in [1.29, 1.82) is 0 Å². The highest BCUT2D eigenvalue weighted by Crippen LogP contribution is 2.34. The summed E-state index contributed by atoms with van der Waals surface area (Å²) in [5, 5.41) is 0. The largest absolute Gasteiger partial charge is 0.310 e. The summed E-state index contributed by atoms with van der Waals surface area (Å²) in [4.78, 5) is 21.5. The molecule has 1 aromatic rings. The van der Waals surface area contributed by atoms with Crippen molar-refractivity contribution in [3.63, 3.8) is 0 Å². The van der Waals surface area contributed by atoms with Crippen molar-refractivity contribution in [2.45, 2.75) is 52.2 Å². The van der Waals surface area contributed by atoms with Crippen LogP contribution in [0.5, 0.6) is 0 Å². The predicted molar refractivity (Wildman–Crippen MR) is 65.6 cm³/mol. The van der Waals surface area contributed by atoms with Gasteiger partial charge in [0.25, 0.3) is 5.56 Å². The van der Waals surface area contributed by atoms with Crippen LogP contribution in [-0.2, 0) is 13.1 Å². The number of aryl methyl sites for hydroxylation is 1. The van der Waals surface area contributed by atoms with Gasteiger partial charge in [-0.25, -0.2) is 4.98 Å². The van der Waals surface area contributed by atoms with Gasteiger partial charge < -0.3 is 4.98 Å². The van der Waals surface area contributed by atoms with Crippen molar-refractivity contribution < 1.29 is 0 Å². The lowest BCUT2D eigenvalue weighted by atomic mass is 9.80. The lowest BCUT2D eigenvalue weighted by Crippen LogP contribution is -2.38. The molecule has 17 heavy (non-hydrogen) atoms. The van der Waals surface area contributed by atoms with Crippen LogP contribution < -0.4 is 5.56 Å². The van der Waals surface area contributed by atoms with E-state index in [1.54, 1.807) is 0 Å². The molecule has 1 aliphatic carbocycles. The zero-order valence-corrected chi connectivity index (χ0v) is 10.5. The van der Waals surface area contributed by atoms with E-state index in [1.165, 1.54) is 19.3 Å². The van der Waals surface area contributed by atoms with Crippen LogP contribution in [0.25, 0.3) is 0 Å². The van der Waals surface area contributed by atoms with E-state index in [9.17, 15) is 4.79 Å². The van der Waals surface area contributed by atoms with E-state index < -0.39 is 0 Å². The van der Waals surface area contributed by atoms with Crippen molar-refractivity contribution >= 4 is 0 Å². The van der Waals surface area contributed by atoms with Crippen LogP contribution in [0.15, 0.2) is 4.79 Å². The minimum atomic E-state index is 0.0517. The van der Waals surface area contributed by atoms with E-state index in [2.05, 4.69) is 21.8 Å².